The molecular weight excluding hydrogens is 493 g/mol. The Labute approximate surface area is 204 Å². The first-order valence-electron chi connectivity index (χ1n) is 11.0. The van der Waals surface area contributed by atoms with Crippen LogP contribution in [-0.2, 0) is 19.6 Å². The van der Waals surface area contributed by atoms with E-state index >= 15 is 0 Å². The van der Waals surface area contributed by atoms with Crippen LogP contribution in [0.5, 0.6) is 0 Å². The van der Waals surface area contributed by atoms with Crippen LogP contribution < -0.4 is 0 Å². The molecule has 0 radical (unpaired) electrons. The number of nitrogens with zero attached hydrogens (tertiary/aromatic N) is 3. The van der Waals surface area contributed by atoms with Gasteiger partial charge in [-0.05, 0) is 46.9 Å². The summed E-state index contributed by atoms with van der Waals surface area (Å²) in [5.74, 6) is 1.02. The minimum atomic E-state index is 0.603. The van der Waals surface area contributed by atoms with Gasteiger partial charge in [-0.2, -0.15) is 0 Å². The lowest BCUT2D eigenvalue weighted by Crippen LogP contribution is -2.24. The molecule has 166 valence electrons. The first-order valence-corrected chi connectivity index (χ1v) is 12.6. The van der Waals surface area contributed by atoms with E-state index in [2.05, 4.69) is 69.6 Å². The van der Waals surface area contributed by atoms with Gasteiger partial charge < -0.3 is 4.57 Å². The van der Waals surface area contributed by atoms with Crippen molar-refractivity contribution in [1.82, 2.24) is 14.5 Å². The van der Waals surface area contributed by atoms with Crippen molar-refractivity contribution in [2.24, 2.45) is 0 Å². The van der Waals surface area contributed by atoms with Crippen LogP contribution in [0.3, 0.4) is 0 Å². The maximum Gasteiger partial charge on any atom is 0.141 e. The predicted octanol–water partition coefficient (Wildman–Crippen LogP) is 8.22. The van der Waals surface area contributed by atoms with Crippen molar-refractivity contribution >= 4 is 39.1 Å². The second-order valence-corrected chi connectivity index (χ2v) is 9.36. The van der Waals surface area contributed by atoms with Crippen LogP contribution in [-0.4, -0.2) is 21.0 Å². The molecule has 0 N–H and O–H groups in total. The lowest BCUT2D eigenvalue weighted by atomic mass is 10.2. The molecule has 2 aromatic carbocycles. The Morgan fingerprint density at radius 3 is 2.39 bits per heavy atom. The Hall–Kier alpha value is -1.33. The second kappa shape index (κ2) is 12.1. The van der Waals surface area contributed by atoms with Crippen LogP contribution >= 0.6 is 39.1 Å². The third-order valence-corrected chi connectivity index (χ3v) is 7.11. The average Bonchev–Trinajstić information content (AvgIpc) is 3.09. The highest BCUT2D eigenvalue weighted by molar-refractivity contribution is 9.10. The number of hydrogen-bond acceptors (Lipinski definition) is 2. The van der Waals surface area contributed by atoms with E-state index in [1.807, 2.05) is 18.2 Å². The van der Waals surface area contributed by atoms with Gasteiger partial charge in [0.1, 0.15) is 10.4 Å². The molecule has 1 aromatic heterocycles. The van der Waals surface area contributed by atoms with Crippen LogP contribution in [0.2, 0.25) is 10.0 Å². The van der Waals surface area contributed by atoms with Gasteiger partial charge in [0.15, 0.2) is 0 Å². The van der Waals surface area contributed by atoms with Crippen molar-refractivity contribution in [3.8, 4) is 11.4 Å². The molecule has 0 aliphatic rings. The van der Waals surface area contributed by atoms with Crippen molar-refractivity contribution in [2.45, 2.75) is 59.2 Å². The number of hydrogen-bond donors (Lipinski definition) is 0. The number of imidazole rings is 1. The highest BCUT2D eigenvalue weighted by Gasteiger charge is 2.19. The van der Waals surface area contributed by atoms with Crippen LogP contribution in [0.1, 0.15) is 50.8 Å². The van der Waals surface area contributed by atoms with E-state index in [0.717, 1.165) is 79.1 Å². The summed E-state index contributed by atoms with van der Waals surface area (Å²) >= 11 is 16.6. The van der Waals surface area contributed by atoms with Gasteiger partial charge in [0.2, 0.25) is 0 Å². The fraction of sp³-hybridized carbons (Fsp3) is 0.400. The zero-order chi connectivity index (χ0) is 22.2. The molecule has 0 bridgehead atoms. The van der Waals surface area contributed by atoms with Gasteiger partial charge in [-0.1, -0.05) is 92.4 Å². The molecule has 0 fully saturated rings. The number of benzene rings is 2. The lowest BCUT2D eigenvalue weighted by molar-refractivity contribution is 0.249. The highest BCUT2D eigenvalue weighted by Crippen LogP contribution is 2.30. The van der Waals surface area contributed by atoms with Gasteiger partial charge in [-0.25, -0.2) is 4.98 Å². The van der Waals surface area contributed by atoms with Gasteiger partial charge >= 0.3 is 0 Å². The summed E-state index contributed by atoms with van der Waals surface area (Å²) in [4.78, 5) is 7.49. The highest BCUT2D eigenvalue weighted by atomic mass is 79.9. The minimum absolute atomic E-state index is 0.603. The van der Waals surface area contributed by atoms with Crippen LogP contribution in [0.25, 0.3) is 11.4 Å². The zero-order valence-electron chi connectivity index (χ0n) is 18.3. The molecule has 0 amide bonds. The molecule has 6 heteroatoms. The Kier molecular flexibility index (Phi) is 9.46. The molecule has 31 heavy (non-hydrogen) atoms. The Morgan fingerprint density at radius 1 is 0.935 bits per heavy atom. The Bertz CT molecular complexity index is 972. The number of unbranched alkanes of at least 4 members (excludes halogenated alkanes) is 2. The predicted molar refractivity (Wildman–Crippen MR) is 136 cm³/mol. The first kappa shape index (κ1) is 24.3. The molecule has 3 aromatic rings. The summed E-state index contributed by atoms with van der Waals surface area (Å²) in [6.45, 7) is 7.86. The fourth-order valence-electron chi connectivity index (χ4n) is 3.63. The summed E-state index contributed by atoms with van der Waals surface area (Å²) < 4.78 is 3.37. The number of halogens is 3. The molecule has 0 aliphatic carbocycles. The van der Waals surface area contributed by atoms with E-state index in [1.54, 1.807) is 0 Å². The minimum Gasteiger partial charge on any atom is -0.318 e. The normalized spacial score (nSPS) is 11.4. The Balaban J connectivity index is 1.91. The van der Waals surface area contributed by atoms with E-state index in [4.69, 9.17) is 28.2 Å². The standard InChI is InChI=1S/C25H30BrCl2N3/c1-3-5-15-30(17-20-13-10-14-21(27)23(20)28)18-22-24(26)31(16-6-4-2)25(29-22)19-11-8-7-9-12-19/h7-14H,3-6,15-18H2,1-2H3. The quantitative estimate of drug-likeness (QED) is 0.253. The molecular formula is C25H30BrCl2N3. The van der Waals surface area contributed by atoms with Crippen LogP contribution in [0.4, 0.5) is 0 Å². The topological polar surface area (TPSA) is 21.1 Å². The smallest absolute Gasteiger partial charge is 0.141 e. The van der Waals surface area contributed by atoms with Crippen molar-refractivity contribution in [1.29, 1.82) is 0 Å². The second-order valence-electron chi connectivity index (χ2n) is 7.82. The van der Waals surface area contributed by atoms with Crippen LogP contribution in [0.15, 0.2) is 53.1 Å². The van der Waals surface area contributed by atoms with Crippen LogP contribution in [0, 0.1) is 0 Å². The SMILES string of the molecule is CCCCN(Cc1cccc(Cl)c1Cl)Cc1nc(-c2ccccc2)n(CCCC)c1Br. The molecule has 0 saturated carbocycles. The van der Waals surface area contributed by atoms with E-state index in [9.17, 15) is 0 Å². The molecule has 0 atom stereocenters. The largest absolute Gasteiger partial charge is 0.318 e. The first-order chi connectivity index (χ1) is 15.0. The monoisotopic (exact) mass is 521 g/mol. The lowest BCUT2D eigenvalue weighted by Gasteiger charge is -2.22. The van der Waals surface area contributed by atoms with Crippen molar-refractivity contribution in [2.75, 3.05) is 6.54 Å². The number of rotatable bonds is 11. The van der Waals surface area contributed by atoms with Crippen molar-refractivity contribution in [3.63, 3.8) is 0 Å². The van der Waals surface area contributed by atoms with Gasteiger partial charge in [0, 0.05) is 25.2 Å². The summed E-state index contributed by atoms with van der Waals surface area (Å²) in [6.07, 6.45) is 4.52. The summed E-state index contributed by atoms with van der Waals surface area (Å²) in [5, 5.41) is 1.24. The Morgan fingerprint density at radius 2 is 1.68 bits per heavy atom. The van der Waals surface area contributed by atoms with Crippen molar-refractivity contribution < 1.29 is 0 Å². The molecule has 0 unspecified atom stereocenters. The third-order valence-electron chi connectivity index (χ3n) is 5.37. The third kappa shape index (κ3) is 6.35. The van der Waals surface area contributed by atoms with Gasteiger partial charge in [-0.3, -0.25) is 4.90 Å². The van der Waals surface area contributed by atoms with E-state index < -0.39 is 0 Å². The summed E-state index contributed by atoms with van der Waals surface area (Å²) in [6, 6.07) is 16.3. The van der Waals surface area contributed by atoms with Gasteiger partial charge in [0.05, 0.1) is 15.7 Å². The molecule has 0 spiro atoms. The van der Waals surface area contributed by atoms with Gasteiger partial charge in [-0.15, -0.1) is 0 Å². The molecule has 3 nitrogen and oxygen atoms in total. The summed E-state index contributed by atoms with van der Waals surface area (Å²) in [5.41, 5.74) is 3.25. The average molecular weight is 523 g/mol. The van der Waals surface area contributed by atoms with E-state index in [1.165, 1.54) is 0 Å². The molecule has 1 heterocycles. The van der Waals surface area contributed by atoms with Gasteiger partial charge in [0.25, 0.3) is 0 Å². The van der Waals surface area contributed by atoms with Crippen molar-refractivity contribution in [3.05, 3.63) is 74.4 Å². The fourth-order valence-corrected chi connectivity index (χ4v) is 4.57. The van der Waals surface area contributed by atoms with E-state index in [0.29, 0.717) is 10.0 Å². The van der Waals surface area contributed by atoms with E-state index in [-0.39, 0.29) is 0 Å². The summed E-state index contributed by atoms with van der Waals surface area (Å²) in [7, 11) is 0. The molecule has 0 aliphatic heterocycles. The molecule has 3 rings (SSSR count). The molecule has 0 saturated heterocycles. The number of aromatic nitrogens is 2. The maximum atomic E-state index is 6.48. The zero-order valence-corrected chi connectivity index (χ0v) is 21.3. The maximum absolute atomic E-state index is 6.48.